The Kier molecular flexibility index (Phi) is 2.84. The second kappa shape index (κ2) is 3.95. The van der Waals surface area contributed by atoms with Crippen LogP contribution in [0.4, 0.5) is 0 Å². The molecule has 1 aromatic rings. The van der Waals surface area contributed by atoms with Gasteiger partial charge in [-0.3, -0.25) is 0 Å². The van der Waals surface area contributed by atoms with Gasteiger partial charge in [0.1, 0.15) is 0 Å². The number of rotatable bonds is 1. The van der Waals surface area contributed by atoms with E-state index in [1.165, 1.54) is 22.4 Å². The highest BCUT2D eigenvalue weighted by Crippen LogP contribution is 2.41. The van der Waals surface area contributed by atoms with Crippen LogP contribution in [-0.4, -0.2) is 12.3 Å². The highest BCUT2D eigenvalue weighted by atomic mass is 32.2. The monoisotopic (exact) mass is 207 g/mol. The van der Waals surface area contributed by atoms with Crippen LogP contribution >= 0.6 is 11.8 Å². The molecule has 2 unspecified atom stereocenters. The van der Waals surface area contributed by atoms with E-state index in [0.717, 1.165) is 5.25 Å². The van der Waals surface area contributed by atoms with Gasteiger partial charge in [-0.2, -0.15) is 0 Å². The predicted molar refractivity (Wildman–Crippen MR) is 62.9 cm³/mol. The normalized spacial score (nSPS) is 25.9. The quantitative estimate of drug-likeness (QED) is 0.759. The first-order chi connectivity index (χ1) is 6.72. The van der Waals surface area contributed by atoms with Crippen LogP contribution in [0, 0.1) is 6.92 Å². The molecule has 2 atom stereocenters. The summed E-state index contributed by atoms with van der Waals surface area (Å²) in [4.78, 5) is 1.49. The maximum Gasteiger partial charge on any atom is 0.0339 e. The van der Waals surface area contributed by atoms with Crippen LogP contribution < -0.4 is 5.32 Å². The predicted octanol–water partition coefficient (Wildman–Crippen LogP) is 3.14. The Labute approximate surface area is 90.3 Å². The van der Waals surface area contributed by atoms with Gasteiger partial charge in [-0.25, -0.2) is 0 Å². The minimum absolute atomic E-state index is 0.543. The molecule has 14 heavy (non-hydrogen) atoms. The Morgan fingerprint density at radius 2 is 2.21 bits per heavy atom. The van der Waals surface area contributed by atoms with Gasteiger partial charge in [0.15, 0.2) is 0 Å². The molecule has 1 aliphatic heterocycles. The van der Waals surface area contributed by atoms with Crippen molar-refractivity contribution in [2.24, 2.45) is 0 Å². The first kappa shape index (κ1) is 10.1. The molecule has 0 saturated carbocycles. The maximum atomic E-state index is 3.40. The molecule has 1 nitrogen and oxygen atoms in total. The lowest BCUT2D eigenvalue weighted by Gasteiger charge is -2.30. The molecule has 1 N–H and O–H groups in total. The molecule has 0 spiro atoms. The molecular formula is C12H17NS. The number of thioether (sulfide) groups is 1. The summed E-state index contributed by atoms with van der Waals surface area (Å²) in [6.45, 7) is 4.51. The largest absolute Gasteiger partial charge is 0.313 e. The van der Waals surface area contributed by atoms with Crippen molar-refractivity contribution in [3.05, 3.63) is 29.3 Å². The summed E-state index contributed by atoms with van der Waals surface area (Å²) in [5, 5.41) is 4.13. The van der Waals surface area contributed by atoms with Crippen molar-refractivity contribution >= 4 is 11.8 Å². The van der Waals surface area contributed by atoms with E-state index < -0.39 is 0 Å². The van der Waals surface area contributed by atoms with E-state index in [2.05, 4.69) is 44.4 Å². The highest BCUT2D eigenvalue weighted by Gasteiger charge is 2.24. The van der Waals surface area contributed by atoms with Gasteiger partial charge >= 0.3 is 0 Å². The number of benzene rings is 1. The maximum absolute atomic E-state index is 3.40. The van der Waals surface area contributed by atoms with Gasteiger partial charge in [0.05, 0.1) is 0 Å². The van der Waals surface area contributed by atoms with Crippen LogP contribution in [0.15, 0.2) is 23.1 Å². The van der Waals surface area contributed by atoms with Crippen LogP contribution in [0.2, 0.25) is 0 Å². The molecule has 1 aliphatic rings. The Bertz CT molecular complexity index is 335. The van der Waals surface area contributed by atoms with E-state index in [4.69, 9.17) is 0 Å². The summed E-state index contributed by atoms with van der Waals surface area (Å²) >= 11 is 2.02. The molecule has 1 aromatic carbocycles. The molecule has 0 aliphatic carbocycles. The second-order valence-electron chi connectivity index (χ2n) is 4.00. The molecule has 0 radical (unpaired) electrons. The van der Waals surface area contributed by atoms with Crippen LogP contribution in [0.25, 0.3) is 0 Å². The molecule has 0 bridgehead atoms. The SMILES string of the molecule is CNC1CC(C)Sc2c(C)cccc21. The summed E-state index contributed by atoms with van der Waals surface area (Å²) in [7, 11) is 2.06. The van der Waals surface area contributed by atoms with E-state index in [1.54, 1.807) is 0 Å². The summed E-state index contributed by atoms with van der Waals surface area (Å²) in [5.41, 5.74) is 2.90. The molecule has 2 heteroatoms. The fraction of sp³-hybridized carbons (Fsp3) is 0.500. The van der Waals surface area contributed by atoms with Gasteiger partial charge in [-0.1, -0.05) is 25.1 Å². The molecule has 0 aromatic heterocycles. The molecule has 0 amide bonds. The number of fused-ring (bicyclic) bond motifs is 1. The fourth-order valence-electron chi connectivity index (χ4n) is 2.09. The molecule has 76 valence electrons. The van der Waals surface area contributed by atoms with Gasteiger partial charge in [-0.05, 0) is 31.5 Å². The molecule has 0 fully saturated rings. The van der Waals surface area contributed by atoms with Crippen LogP contribution in [0.3, 0.4) is 0 Å². The van der Waals surface area contributed by atoms with E-state index in [1.807, 2.05) is 11.8 Å². The van der Waals surface area contributed by atoms with Gasteiger partial charge < -0.3 is 5.32 Å². The van der Waals surface area contributed by atoms with E-state index in [0.29, 0.717) is 6.04 Å². The zero-order valence-corrected chi connectivity index (χ0v) is 9.82. The standard InChI is InChI=1S/C12H17NS/c1-8-5-4-6-10-11(13-3)7-9(2)14-12(8)10/h4-6,9,11,13H,7H2,1-3H3. The van der Waals surface area contributed by atoms with Crippen LogP contribution in [0.5, 0.6) is 0 Å². The van der Waals surface area contributed by atoms with Gasteiger partial charge in [0.25, 0.3) is 0 Å². The van der Waals surface area contributed by atoms with Gasteiger partial charge in [0.2, 0.25) is 0 Å². The number of nitrogens with one attached hydrogen (secondary N) is 1. The summed E-state index contributed by atoms with van der Waals surface area (Å²) in [5.74, 6) is 0. The van der Waals surface area contributed by atoms with E-state index in [9.17, 15) is 0 Å². The van der Waals surface area contributed by atoms with Crippen molar-refractivity contribution in [3.63, 3.8) is 0 Å². The second-order valence-corrected chi connectivity index (χ2v) is 5.45. The lowest BCUT2D eigenvalue weighted by molar-refractivity contribution is 0.530. The molecule has 1 heterocycles. The Morgan fingerprint density at radius 1 is 1.43 bits per heavy atom. The summed E-state index contributed by atoms with van der Waals surface area (Å²) in [6, 6.07) is 7.16. The number of aryl methyl sites for hydroxylation is 1. The van der Waals surface area contributed by atoms with Gasteiger partial charge in [0, 0.05) is 16.2 Å². The van der Waals surface area contributed by atoms with Crippen LogP contribution in [0.1, 0.15) is 30.5 Å². The van der Waals surface area contributed by atoms with Crippen molar-refractivity contribution in [2.75, 3.05) is 7.05 Å². The Morgan fingerprint density at radius 3 is 2.93 bits per heavy atom. The Balaban J connectivity index is 2.45. The average Bonchev–Trinajstić information content (AvgIpc) is 2.18. The zero-order valence-electron chi connectivity index (χ0n) is 9.00. The smallest absolute Gasteiger partial charge is 0.0339 e. The van der Waals surface area contributed by atoms with Crippen molar-refractivity contribution < 1.29 is 0 Å². The third-order valence-electron chi connectivity index (χ3n) is 2.85. The van der Waals surface area contributed by atoms with Crippen LogP contribution in [-0.2, 0) is 0 Å². The van der Waals surface area contributed by atoms with E-state index >= 15 is 0 Å². The number of hydrogen-bond donors (Lipinski definition) is 1. The first-order valence-electron chi connectivity index (χ1n) is 5.16. The summed E-state index contributed by atoms with van der Waals surface area (Å²) in [6.07, 6.45) is 1.23. The third-order valence-corrected chi connectivity index (χ3v) is 4.24. The van der Waals surface area contributed by atoms with Crippen molar-refractivity contribution in [1.82, 2.24) is 5.32 Å². The minimum atomic E-state index is 0.543. The lowest BCUT2D eigenvalue weighted by Crippen LogP contribution is -2.24. The summed E-state index contributed by atoms with van der Waals surface area (Å²) < 4.78 is 0. The third kappa shape index (κ3) is 1.69. The topological polar surface area (TPSA) is 12.0 Å². The average molecular weight is 207 g/mol. The van der Waals surface area contributed by atoms with Gasteiger partial charge in [-0.15, -0.1) is 11.8 Å². The van der Waals surface area contributed by atoms with Crippen molar-refractivity contribution in [3.8, 4) is 0 Å². The zero-order chi connectivity index (χ0) is 10.1. The minimum Gasteiger partial charge on any atom is -0.313 e. The number of hydrogen-bond acceptors (Lipinski definition) is 2. The molecular weight excluding hydrogens is 190 g/mol. The molecule has 2 rings (SSSR count). The van der Waals surface area contributed by atoms with Crippen molar-refractivity contribution in [2.45, 2.75) is 36.5 Å². The van der Waals surface area contributed by atoms with Crippen molar-refractivity contribution in [1.29, 1.82) is 0 Å². The fourth-order valence-corrected chi connectivity index (χ4v) is 3.38. The Hall–Kier alpha value is -0.470. The highest BCUT2D eigenvalue weighted by molar-refractivity contribution is 8.00. The van der Waals surface area contributed by atoms with E-state index in [-0.39, 0.29) is 0 Å². The first-order valence-corrected chi connectivity index (χ1v) is 6.03. The lowest BCUT2D eigenvalue weighted by atomic mass is 9.99. The molecule has 0 saturated heterocycles.